The number of aliphatic hydroxyl groups is 1. The van der Waals surface area contributed by atoms with Crippen LogP contribution in [0.5, 0.6) is 0 Å². The molecule has 1 aromatic carbocycles. The molecule has 4 heteroatoms. The Labute approximate surface area is 93.2 Å². The van der Waals surface area contributed by atoms with Crippen LogP contribution in [0.3, 0.4) is 0 Å². The molecule has 0 bridgehead atoms. The Kier molecular flexibility index (Phi) is 3.01. The van der Waals surface area contributed by atoms with Gasteiger partial charge in [0.2, 0.25) is 0 Å². The quantitative estimate of drug-likeness (QED) is 0.857. The third-order valence-electron chi connectivity index (χ3n) is 2.52. The van der Waals surface area contributed by atoms with Gasteiger partial charge in [0, 0.05) is 18.9 Å². The Morgan fingerprint density at radius 1 is 1.44 bits per heavy atom. The molecular weight excluding hydrogens is 207 g/mol. The van der Waals surface area contributed by atoms with Gasteiger partial charge in [0.15, 0.2) is 0 Å². The standard InChI is InChI=1S/C12H13FN2O/c1-9-6-10(2-3-11(9)13)7-15-5-4-14-12(15)8-16/h2-6,16H,7-8H2,1H3. The van der Waals surface area contributed by atoms with E-state index in [0.29, 0.717) is 17.9 Å². The number of nitrogens with zero attached hydrogens (tertiary/aromatic N) is 2. The average Bonchev–Trinajstić information content (AvgIpc) is 2.71. The van der Waals surface area contributed by atoms with Crippen molar-refractivity contribution in [3.63, 3.8) is 0 Å². The van der Waals surface area contributed by atoms with E-state index < -0.39 is 0 Å². The molecule has 1 aromatic heterocycles. The Hall–Kier alpha value is -1.68. The Morgan fingerprint density at radius 2 is 2.25 bits per heavy atom. The predicted molar refractivity (Wildman–Crippen MR) is 58.4 cm³/mol. The molecule has 1 N–H and O–H groups in total. The number of imidazole rings is 1. The van der Waals surface area contributed by atoms with Crippen LogP contribution in [0.4, 0.5) is 4.39 Å². The van der Waals surface area contributed by atoms with Crippen molar-refractivity contribution in [2.75, 3.05) is 0 Å². The maximum Gasteiger partial charge on any atom is 0.134 e. The predicted octanol–water partition coefficient (Wildman–Crippen LogP) is 1.87. The molecule has 0 saturated heterocycles. The largest absolute Gasteiger partial charge is 0.388 e. The average molecular weight is 220 g/mol. The molecule has 0 fully saturated rings. The lowest BCUT2D eigenvalue weighted by Gasteiger charge is -2.07. The second-order valence-electron chi connectivity index (χ2n) is 3.71. The molecular formula is C12H13FN2O. The Morgan fingerprint density at radius 3 is 2.94 bits per heavy atom. The van der Waals surface area contributed by atoms with Crippen LogP contribution >= 0.6 is 0 Å². The molecule has 3 nitrogen and oxygen atoms in total. The number of aromatic nitrogens is 2. The summed E-state index contributed by atoms with van der Waals surface area (Å²) < 4.78 is 14.9. The number of rotatable bonds is 3. The van der Waals surface area contributed by atoms with Crippen LogP contribution in [-0.2, 0) is 13.2 Å². The summed E-state index contributed by atoms with van der Waals surface area (Å²) >= 11 is 0. The van der Waals surface area contributed by atoms with Crippen molar-refractivity contribution < 1.29 is 9.50 Å². The summed E-state index contributed by atoms with van der Waals surface area (Å²) in [5, 5.41) is 9.04. The summed E-state index contributed by atoms with van der Waals surface area (Å²) in [6.07, 6.45) is 3.44. The third-order valence-corrected chi connectivity index (χ3v) is 2.52. The minimum atomic E-state index is -0.197. The summed E-state index contributed by atoms with van der Waals surface area (Å²) in [6, 6.07) is 5.00. The van der Waals surface area contributed by atoms with Gasteiger partial charge in [0.25, 0.3) is 0 Å². The summed E-state index contributed by atoms with van der Waals surface area (Å²) in [7, 11) is 0. The fourth-order valence-corrected chi connectivity index (χ4v) is 1.64. The van der Waals surface area contributed by atoms with Crippen LogP contribution in [0.25, 0.3) is 0 Å². The van der Waals surface area contributed by atoms with E-state index in [9.17, 15) is 4.39 Å². The molecule has 0 aliphatic heterocycles. The molecule has 0 spiro atoms. The van der Waals surface area contributed by atoms with Crippen LogP contribution in [0.15, 0.2) is 30.6 Å². The van der Waals surface area contributed by atoms with Crippen molar-refractivity contribution in [1.29, 1.82) is 0 Å². The number of aryl methyl sites for hydroxylation is 1. The molecule has 16 heavy (non-hydrogen) atoms. The minimum absolute atomic E-state index is 0.0901. The van der Waals surface area contributed by atoms with E-state index >= 15 is 0 Å². The first-order chi connectivity index (χ1) is 7.70. The van der Waals surface area contributed by atoms with Crippen LogP contribution < -0.4 is 0 Å². The second-order valence-corrected chi connectivity index (χ2v) is 3.71. The molecule has 0 radical (unpaired) electrons. The fraction of sp³-hybridized carbons (Fsp3) is 0.250. The van der Waals surface area contributed by atoms with Gasteiger partial charge in [0.05, 0.1) is 0 Å². The zero-order chi connectivity index (χ0) is 11.5. The smallest absolute Gasteiger partial charge is 0.134 e. The lowest BCUT2D eigenvalue weighted by Crippen LogP contribution is -2.04. The number of hydrogen-bond donors (Lipinski definition) is 1. The zero-order valence-corrected chi connectivity index (χ0v) is 9.02. The van der Waals surface area contributed by atoms with Gasteiger partial charge in [-0.15, -0.1) is 0 Å². The van der Waals surface area contributed by atoms with E-state index in [1.165, 1.54) is 6.07 Å². The highest BCUT2D eigenvalue weighted by Crippen LogP contribution is 2.11. The van der Waals surface area contributed by atoms with Crippen LogP contribution in [0.2, 0.25) is 0 Å². The van der Waals surface area contributed by atoms with Crippen molar-refractivity contribution in [3.05, 3.63) is 53.4 Å². The maximum atomic E-state index is 13.1. The third kappa shape index (κ3) is 2.12. The molecule has 0 aliphatic carbocycles. The SMILES string of the molecule is Cc1cc(Cn2ccnc2CO)ccc1F. The summed E-state index contributed by atoms with van der Waals surface area (Å²) in [4.78, 5) is 4.01. The van der Waals surface area contributed by atoms with Crippen LogP contribution in [-0.4, -0.2) is 14.7 Å². The van der Waals surface area contributed by atoms with Crippen molar-refractivity contribution in [3.8, 4) is 0 Å². The van der Waals surface area contributed by atoms with E-state index in [0.717, 1.165) is 5.56 Å². The van der Waals surface area contributed by atoms with Crippen LogP contribution in [0, 0.1) is 12.7 Å². The number of halogens is 1. The van der Waals surface area contributed by atoms with Crippen molar-refractivity contribution in [1.82, 2.24) is 9.55 Å². The Bertz CT molecular complexity index is 494. The van der Waals surface area contributed by atoms with Crippen molar-refractivity contribution in [2.45, 2.75) is 20.1 Å². The van der Waals surface area contributed by atoms with Gasteiger partial charge < -0.3 is 9.67 Å². The van der Waals surface area contributed by atoms with Gasteiger partial charge >= 0.3 is 0 Å². The zero-order valence-electron chi connectivity index (χ0n) is 9.02. The normalized spacial score (nSPS) is 10.7. The lowest BCUT2D eigenvalue weighted by molar-refractivity contribution is 0.266. The van der Waals surface area contributed by atoms with Gasteiger partial charge in [-0.05, 0) is 24.1 Å². The van der Waals surface area contributed by atoms with E-state index in [2.05, 4.69) is 4.98 Å². The number of benzene rings is 1. The molecule has 84 valence electrons. The lowest BCUT2D eigenvalue weighted by atomic mass is 10.1. The topological polar surface area (TPSA) is 38.0 Å². The number of aliphatic hydroxyl groups excluding tert-OH is 1. The first-order valence-electron chi connectivity index (χ1n) is 5.06. The van der Waals surface area contributed by atoms with E-state index in [-0.39, 0.29) is 12.4 Å². The van der Waals surface area contributed by atoms with Gasteiger partial charge in [-0.3, -0.25) is 0 Å². The van der Waals surface area contributed by atoms with E-state index in [4.69, 9.17) is 5.11 Å². The van der Waals surface area contributed by atoms with Gasteiger partial charge in [0.1, 0.15) is 18.2 Å². The summed E-state index contributed by atoms with van der Waals surface area (Å²) in [5.74, 6) is 0.416. The van der Waals surface area contributed by atoms with Gasteiger partial charge in [-0.1, -0.05) is 12.1 Å². The molecule has 0 amide bonds. The van der Waals surface area contributed by atoms with Gasteiger partial charge in [-0.25, -0.2) is 9.37 Å². The summed E-state index contributed by atoms with van der Waals surface area (Å²) in [6.45, 7) is 2.24. The van der Waals surface area contributed by atoms with E-state index in [1.54, 1.807) is 31.5 Å². The highest BCUT2D eigenvalue weighted by molar-refractivity contribution is 5.24. The number of hydrogen-bond acceptors (Lipinski definition) is 2. The molecule has 1 heterocycles. The van der Waals surface area contributed by atoms with Crippen molar-refractivity contribution >= 4 is 0 Å². The second kappa shape index (κ2) is 4.45. The van der Waals surface area contributed by atoms with Gasteiger partial charge in [-0.2, -0.15) is 0 Å². The highest BCUT2D eigenvalue weighted by Gasteiger charge is 2.03. The summed E-state index contributed by atoms with van der Waals surface area (Å²) in [5.41, 5.74) is 1.62. The molecule has 0 atom stereocenters. The monoisotopic (exact) mass is 220 g/mol. The molecule has 0 aliphatic rings. The molecule has 2 rings (SSSR count). The van der Waals surface area contributed by atoms with E-state index in [1.807, 2.05) is 4.57 Å². The molecule has 0 saturated carbocycles. The van der Waals surface area contributed by atoms with Crippen molar-refractivity contribution in [2.24, 2.45) is 0 Å². The maximum absolute atomic E-state index is 13.1. The Balaban J connectivity index is 2.24. The molecule has 0 unspecified atom stereocenters. The highest BCUT2D eigenvalue weighted by atomic mass is 19.1. The van der Waals surface area contributed by atoms with Crippen LogP contribution in [0.1, 0.15) is 17.0 Å². The fourth-order valence-electron chi connectivity index (χ4n) is 1.64. The minimum Gasteiger partial charge on any atom is -0.388 e. The first-order valence-corrected chi connectivity index (χ1v) is 5.06. The first kappa shape index (κ1) is 10.8. The molecule has 2 aromatic rings.